The molecule has 1 aromatic heterocycles. The fourth-order valence-corrected chi connectivity index (χ4v) is 5.21. The van der Waals surface area contributed by atoms with Crippen LogP contribution in [-0.4, -0.2) is 11.3 Å². The van der Waals surface area contributed by atoms with Crippen LogP contribution in [0.25, 0.3) is 27.5 Å². The van der Waals surface area contributed by atoms with E-state index in [1.807, 2.05) is 24.3 Å². The van der Waals surface area contributed by atoms with Gasteiger partial charge in [-0.3, -0.25) is 0 Å². The number of aromatic nitrogens is 1. The quantitative estimate of drug-likeness (QED) is 0.384. The fourth-order valence-electron chi connectivity index (χ4n) is 5.21. The maximum atomic E-state index is 9.94. The maximum Gasteiger partial charge on any atom is 0.256 e. The molecule has 0 spiro atoms. The molecular formula is C25H13BN2O. The fraction of sp³-hybridized carbons (Fsp3) is 0. The molecule has 0 fully saturated rings. The number of nitriles is 1. The van der Waals surface area contributed by atoms with E-state index < -0.39 is 0 Å². The van der Waals surface area contributed by atoms with Gasteiger partial charge in [-0.15, -0.1) is 0 Å². The topological polar surface area (TPSA) is 38.0 Å². The Morgan fingerprint density at radius 3 is 2.52 bits per heavy atom. The van der Waals surface area contributed by atoms with Gasteiger partial charge in [-0.2, -0.15) is 5.26 Å². The van der Waals surface area contributed by atoms with Crippen LogP contribution in [-0.2, 0) is 0 Å². The zero-order chi connectivity index (χ0) is 19.1. The van der Waals surface area contributed by atoms with Crippen LogP contribution in [0.2, 0.25) is 0 Å². The summed E-state index contributed by atoms with van der Waals surface area (Å²) in [6, 6.07) is 29.4. The molecule has 3 nitrogen and oxygen atoms in total. The van der Waals surface area contributed by atoms with Crippen LogP contribution < -0.4 is 21.1 Å². The molecular weight excluding hydrogens is 355 g/mol. The summed E-state index contributed by atoms with van der Waals surface area (Å²) in [5.74, 6) is 1.79. The van der Waals surface area contributed by atoms with Crippen LogP contribution in [0.15, 0.2) is 78.9 Å². The van der Waals surface area contributed by atoms with Gasteiger partial charge in [0.25, 0.3) is 6.71 Å². The Labute approximate surface area is 167 Å². The number of ether oxygens (including phenoxy) is 1. The lowest BCUT2D eigenvalue weighted by Gasteiger charge is -2.33. The first-order chi connectivity index (χ1) is 14.4. The van der Waals surface area contributed by atoms with Crippen molar-refractivity contribution in [1.82, 2.24) is 4.57 Å². The molecule has 0 N–H and O–H groups in total. The molecule has 0 saturated heterocycles. The van der Waals surface area contributed by atoms with Gasteiger partial charge in [-0.05, 0) is 46.7 Å². The second kappa shape index (κ2) is 5.09. The van der Waals surface area contributed by atoms with Crippen molar-refractivity contribution in [2.24, 2.45) is 0 Å². The van der Waals surface area contributed by atoms with Crippen LogP contribution in [0.4, 0.5) is 0 Å². The minimum Gasteiger partial charge on any atom is -0.458 e. The predicted octanol–water partition coefficient (Wildman–Crippen LogP) is 3.59. The van der Waals surface area contributed by atoms with Crippen molar-refractivity contribution in [2.75, 3.05) is 0 Å². The summed E-state index contributed by atoms with van der Waals surface area (Å²) in [6.45, 7) is 0.0544. The van der Waals surface area contributed by atoms with Gasteiger partial charge in [0.2, 0.25) is 0 Å². The van der Waals surface area contributed by atoms with Gasteiger partial charge >= 0.3 is 0 Å². The standard InChI is InChI=1S/C25H13BN2O/c27-14-15-6-5-9-19-24(15)28-20-10-3-1-7-16(20)17-12-13-22-23(25(17)28)26(19)18-8-2-4-11-21(18)29-22/h1-13H. The molecule has 5 aromatic rings. The van der Waals surface area contributed by atoms with Crippen LogP contribution in [0.3, 0.4) is 0 Å². The van der Waals surface area contributed by atoms with E-state index >= 15 is 0 Å². The van der Waals surface area contributed by atoms with Crippen molar-refractivity contribution in [3.8, 4) is 23.3 Å². The molecule has 0 atom stereocenters. The third kappa shape index (κ3) is 1.69. The van der Waals surface area contributed by atoms with Crippen LogP contribution in [0, 0.1) is 11.3 Å². The minimum absolute atomic E-state index is 0.0544. The molecule has 0 bridgehead atoms. The summed E-state index contributed by atoms with van der Waals surface area (Å²) in [4.78, 5) is 0. The summed E-state index contributed by atoms with van der Waals surface area (Å²) in [5, 5.41) is 12.3. The van der Waals surface area contributed by atoms with Crippen LogP contribution in [0.1, 0.15) is 5.56 Å². The lowest BCUT2D eigenvalue weighted by atomic mass is 9.34. The molecule has 29 heavy (non-hydrogen) atoms. The summed E-state index contributed by atoms with van der Waals surface area (Å²) >= 11 is 0. The highest BCUT2D eigenvalue weighted by Crippen LogP contribution is 2.38. The van der Waals surface area contributed by atoms with Gasteiger partial charge in [0, 0.05) is 10.8 Å². The Hall–Kier alpha value is -3.97. The lowest BCUT2D eigenvalue weighted by molar-refractivity contribution is 0.488. The third-order valence-corrected chi connectivity index (χ3v) is 6.30. The molecule has 4 aromatic carbocycles. The largest absolute Gasteiger partial charge is 0.458 e. The second-order valence-corrected chi connectivity index (χ2v) is 7.65. The molecule has 0 unspecified atom stereocenters. The van der Waals surface area contributed by atoms with Crippen molar-refractivity contribution in [1.29, 1.82) is 5.26 Å². The molecule has 2 aliphatic rings. The zero-order valence-electron chi connectivity index (χ0n) is 15.4. The van der Waals surface area contributed by atoms with Gasteiger partial charge in [-0.1, -0.05) is 48.5 Å². The van der Waals surface area contributed by atoms with Crippen molar-refractivity contribution >= 4 is 44.9 Å². The first kappa shape index (κ1) is 15.0. The van der Waals surface area contributed by atoms with Gasteiger partial charge in [0.05, 0.1) is 22.3 Å². The second-order valence-electron chi connectivity index (χ2n) is 7.65. The van der Waals surface area contributed by atoms with Gasteiger partial charge in [0.1, 0.15) is 17.6 Å². The minimum atomic E-state index is 0.0544. The molecule has 2 aliphatic heterocycles. The van der Waals surface area contributed by atoms with Gasteiger partial charge in [-0.25, -0.2) is 0 Å². The first-order valence-electron chi connectivity index (χ1n) is 9.73. The zero-order valence-corrected chi connectivity index (χ0v) is 15.4. The Morgan fingerprint density at radius 1 is 0.759 bits per heavy atom. The van der Waals surface area contributed by atoms with E-state index in [-0.39, 0.29) is 6.71 Å². The highest BCUT2D eigenvalue weighted by molar-refractivity contribution is 6.99. The molecule has 0 saturated carbocycles. The number of nitrogens with zero attached hydrogens (tertiary/aromatic N) is 2. The Kier molecular flexibility index (Phi) is 2.64. The van der Waals surface area contributed by atoms with E-state index in [1.54, 1.807) is 0 Å². The number of rotatable bonds is 0. The third-order valence-electron chi connectivity index (χ3n) is 6.30. The average molecular weight is 368 g/mol. The normalized spacial score (nSPS) is 13.0. The number of benzene rings is 4. The molecule has 0 amide bonds. The van der Waals surface area contributed by atoms with E-state index in [2.05, 4.69) is 65.2 Å². The molecule has 3 heterocycles. The monoisotopic (exact) mass is 368 g/mol. The molecule has 0 radical (unpaired) electrons. The lowest BCUT2D eigenvalue weighted by Crippen LogP contribution is -2.58. The van der Waals surface area contributed by atoms with Crippen molar-refractivity contribution in [3.63, 3.8) is 0 Å². The molecule has 4 heteroatoms. The van der Waals surface area contributed by atoms with Crippen LogP contribution in [0.5, 0.6) is 11.5 Å². The van der Waals surface area contributed by atoms with Gasteiger partial charge < -0.3 is 9.30 Å². The number of para-hydroxylation sites is 3. The van der Waals surface area contributed by atoms with E-state index in [0.29, 0.717) is 5.56 Å². The summed E-state index contributed by atoms with van der Waals surface area (Å²) in [7, 11) is 0. The highest BCUT2D eigenvalue weighted by atomic mass is 16.5. The van der Waals surface area contributed by atoms with Crippen molar-refractivity contribution in [2.45, 2.75) is 0 Å². The van der Waals surface area contributed by atoms with Gasteiger partial charge in [0.15, 0.2) is 0 Å². The number of fused-ring (bicyclic) bond motifs is 8. The Balaban J connectivity index is 1.79. The van der Waals surface area contributed by atoms with E-state index in [1.165, 1.54) is 16.2 Å². The van der Waals surface area contributed by atoms with Crippen molar-refractivity contribution < 1.29 is 4.74 Å². The molecule has 132 valence electrons. The van der Waals surface area contributed by atoms with E-state index in [0.717, 1.165) is 39.1 Å². The Bertz CT molecular complexity index is 1560. The molecule has 0 aliphatic carbocycles. The van der Waals surface area contributed by atoms with Crippen molar-refractivity contribution in [3.05, 3.63) is 84.4 Å². The average Bonchev–Trinajstić information content (AvgIpc) is 3.12. The summed E-state index contributed by atoms with van der Waals surface area (Å²) in [5.41, 5.74) is 7.47. The summed E-state index contributed by atoms with van der Waals surface area (Å²) < 4.78 is 8.60. The van der Waals surface area contributed by atoms with Crippen LogP contribution >= 0.6 is 0 Å². The smallest absolute Gasteiger partial charge is 0.256 e. The first-order valence-corrected chi connectivity index (χ1v) is 9.73. The van der Waals surface area contributed by atoms with E-state index in [4.69, 9.17) is 4.74 Å². The number of hydrogen-bond acceptors (Lipinski definition) is 2. The predicted molar refractivity (Wildman–Crippen MR) is 117 cm³/mol. The summed E-state index contributed by atoms with van der Waals surface area (Å²) in [6.07, 6.45) is 0. The number of hydrogen-bond donors (Lipinski definition) is 0. The molecule has 7 rings (SSSR count). The highest BCUT2D eigenvalue weighted by Gasteiger charge is 2.40. The maximum absolute atomic E-state index is 9.94. The SMILES string of the molecule is N#Cc1cccc2c1-n1c3ccccc3c3ccc4c(c31)B2c1ccccc1O4. The Morgan fingerprint density at radius 2 is 1.59 bits per heavy atom. The van der Waals surface area contributed by atoms with E-state index in [9.17, 15) is 5.26 Å².